The van der Waals surface area contributed by atoms with Crippen molar-refractivity contribution < 1.29 is 23.0 Å². The van der Waals surface area contributed by atoms with E-state index >= 15 is 0 Å². The highest BCUT2D eigenvalue weighted by atomic mass is 19.3. The number of ether oxygens (including phenoxy) is 2. The van der Waals surface area contributed by atoms with Crippen LogP contribution >= 0.6 is 0 Å². The second kappa shape index (κ2) is 15.0. The molecule has 1 fully saturated rings. The molecule has 1 amide bonds. The van der Waals surface area contributed by atoms with Gasteiger partial charge in [0.05, 0.1) is 18.9 Å². The van der Waals surface area contributed by atoms with Gasteiger partial charge in [0.2, 0.25) is 0 Å². The molecule has 1 unspecified atom stereocenters. The van der Waals surface area contributed by atoms with Gasteiger partial charge in [0, 0.05) is 42.7 Å². The van der Waals surface area contributed by atoms with E-state index in [1.807, 2.05) is 37.4 Å². The highest BCUT2D eigenvalue weighted by Gasteiger charge is 2.30. The smallest absolute Gasteiger partial charge is 0.387 e. The van der Waals surface area contributed by atoms with Gasteiger partial charge in [0.25, 0.3) is 5.91 Å². The molecular weight excluding hydrogens is 552 g/mol. The molecule has 0 saturated carbocycles. The van der Waals surface area contributed by atoms with E-state index in [4.69, 9.17) is 9.73 Å². The van der Waals surface area contributed by atoms with Gasteiger partial charge in [-0.1, -0.05) is 24.6 Å². The monoisotopic (exact) mass is 591 g/mol. The first-order valence-corrected chi connectivity index (χ1v) is 15.0. The number of hydrogen-bond donors (Lipinski definition) is 2. The van der Waals surface area contributed by atoms with Crippen molar-refractivity contribution in [2.45, 2.75) is 45.6 Å². The number of alkyl halides is 2. The van der Waals surface area contributed by atoms with E-state index in [0.29, 0.717) is 31.2 Å². The standard InChI is InChI=1S/C33H39F2N5O3/c1-23-21-25(10-13-27(23)32(41)37-15-19-42-20-18-40-16-5-2-6-17-40)39-31-30-28(7-3-4-14-36-31)29(22-38-30)24-8-11-26(12-9-24)43-33(34)35/h4,8-14,21-22,28,33H,2-3,5-7,15-20H2,1H3,(H,36,39)(H,37,41)/b14-4-. The summed E-state index contributed by atoms with van der Waals surface area (Å²) < 4.78 is 35.4. The maximum atomic E-state index is 12.8. The lowest BCUT2D eigenvalue weighted by molar-refractivity contribution is -0.0498. The number of carbonyl (C=O) groups excluding carboxylic acids is 1. The Kier molecular flexibility index (Phi) is 10.7. The van der Waals surface area contributed by atoms with Crippen molar-refractivity contribution in [3.05, 3.63) is 77.6 Å². The van der Waals surface area contributed by atoms with E-state index in [0.717, 1.165) is 60.6 Å². The summed E-state index contributed by atoms with van der Waals surface area (Å²) in [6, 6.07) is 12.2. The quantitative estimate of drug-likeness (QED) is 0.311. The van der Waals surface area contributed by atoms with Crippen molar-refractivity contribution in [2.24, 2.45) is 15.9 Å². The Balaban J connectivity index is 1.15. The van der Waals surface area contributed by atoms with Crippen LogP contribution in [0.25, 0.3) is 5.57 Å². The number of amides is 1. The first-order valence-electron chi connectivity index (χ1n) is 15.0. The zero-order chi connectivity index (χ0) is 30.0. The summed E-state index contributed by atoms with van der Waals surface area (Å²) in [6.07, 6.45) is 11.1. The fourth-order valence-corrected chi connectivity index (χ4v) is 5.66. The molecule has 0 aromatic heterocycles. The first kappa shape index (κ1) is 30.6. The van der Waals surface area contributed by atoms with Crippen LogP contribution in [0.4, 0.5) is 14.5 Å². The van der Waals surface area contributed by atoms with Gasteiger partial charge in [-0.2, -0.15) is 8.78 Å². The summed E-state index contributed by atoms with van der Waals surface area (Å²) in [4.78, 5) is 24.6. The molecule has 3 aliphatic rings. The van der Waals surface area contributed by atoms with E-state index in [9.17, 15) is 13.6 Å². The molecule has 1 saturated heterocycles. The van der Waals surface area contributed by atoms with Crippen molar-refractivity contribution in [1.82, 2.24) is 10.2 Å². The second-order valence-corrected chi connectivity index (χ2v) is 10.9. The third-order valence-electron chi connectivity index (χ3n) is 7.90. The lowest BCUT2D eigenvalue weighted by Gasteiger charge is -2.26. The van der Waals surface area contributed by atoms with Gasteiger partial charge in [-0.15, -0.1) is 0 Å². The molecule has 2 aromatic carbocycles. The van der Waals surface area contributed by atoms with E-state index < -0.39 is 6.61 Å². The van der Waals surface area contributed by atoms with Gasteiger partial charge >= 0.3 is 6.61 Å². The molecule has 10 heteroatoms. The molecule has 2 N–H and O–H groups in total. The third kappa shape index (κ3) is 8.36. The molecule has 3 aliphatic heterocycles. The van der Waals surface area contributed by atoms with Crippen molar-refractivity contribution in [3.63, 3.8) is 0 Å². The van der Waals surface area contributed by atoms with E-state index in [-0.39, 0.29) is 17.6 Å². The number of aryl methyl sites for hydroxylation is 1. The maximum absolute atomic E-state index is 12.8. The van der Waals surface area contributed by atoms with Crippen molar-refractivity contribution in [3.8, 4) is 5.75 Å². The summed E-state index contributed by atoms with van der Waals surface area (Å²) in [7, 11) is 0. The molecule has 43 heavy (non-hydrogen) atoms. The number of nitrogens with one attached hydrogen (secondary N) is 2. The lowest BCUT2D eigenvalue weighted by Crippen LogP contribution is -2.33. The molecule has 2 aromatic rings. The van der Waals surface area contributed by atoms with Crippen LogP contribution in [0.3, 0.4) is 0 Å². The molecule has 228 valence electrons. The van der Waals surface area contributed by atoms with E-state index in [2.05, 4.69) is 25.3 Å². The largest absolute Gasteiger partial charge is 0.435 e. The van der Waals surface area contributed by atoms with Gasteiger partial charge in [-0.05, 0) is 92.7 Å². The fourth-order valence-electron chi connectivity index (χ4n) is 5.66. The number of halogens is 2. The van der Waals surface area contributed by atoms with E-state index in [1.165, 1.54) is 19.3 Å². The minimum absolute atomic E-state index is 0.00807. The Bertz CT molecular complexity index is 1380. The summed E-state index contributed by atoms with van der Waals surface area (Å²) in [5.41, 5.74) is 4.95. The van der Waals surface area contributed by atoms with Crippen molar-refractivity contribution in [2.75, 3.05) is 44.7 Å². The zero-order valence-corrected chi connectivity index (χ0v) is 24.5. The molecule has 0 radical (unpaired) electrons. The third-order valence-corrected chi connectivity index (χ3v) is 7.90. The summed E-state index contributed by atoms with van der Waals surface area (Å²) in [6.45, 7) is 3.92. The zero-order valence-electron chi connectivity index (χ0n) is 24.5. The Morgan fingerprint density at radius 2 is 1.88 bits per heavy atom. The molecule has 3 heterocycles. The topological polar surface area (TPSA) is 87.5 Å². The van der Waals surface area contributed by atoms with Crippen LogP contribution in [0.15, 0.2) is 70.9 Å². The Hall–Kier alpha value is -3.89. The van der Waals surface area contributed by atoms with Crippen LogP contribution in [0.1, 0.15) is 53.6 Å². The van der Waals surface area contributed by atoms with Crippen LogP contribution < -0.4 is 15.4 Å². The van der Waals surface area contributed by atoms with Crippen molar-refractivity contribution >= 4 is 28.7 Å². The average molecular weight is 592 g/mol. The minimum atomic E-state index is -2.86. The predicted molar refractivity (Wildman–Crippen MR) is 166 cm³/mol. The fraction of sp³-hybridized carbons (Fsp3) is 0.424. The van der Waals surface area contributed by atoms with Crippen LogP contribution in [0, 0.1) is 12.8 Å². The van der Waals surface area contributed by atoms with Crippen LogP contribution in [0.5, 0.6) is 5.75 Å². The normalized spacial score (nSPS) is 20.7. The second-order valence-electron chi connectivity index (χ2n) is 10.9. The first-order chi connectivity index (χ1) is 21.0. The summed E-state index contributed by atoms with van der Waals surface area (Å²) >= 11 is 0. The predicted octanol–water partition coefficient (Wildman–Crippen LogP) is 6.06. The number of anilines is 1. The Morgan fingerprint density at radius 3 is 2.65 bits per heavy atom. The highest BCUT2D eigenvalue weighted by molar-refractivity contribution is 6.48. The van der Waals surface area contributed by atoms with Crippen LogP contribution in [-0.4, -0.2) is 68.4 Å². The highest BCUT2D eigenvalue weighted by Crippen LogP contribution is 2.35. The molecule has 1 atom stereocenters. The number of likely N-dealkylation sites (tertiary alicyclic amines) is 1. The average Bonchev–Trinajstić information content (AvgIpc) is 3.40. The number of aliphatic imine (C=N–C) groups is 2. The van der Waals surface area contributed by atoms with Gasteiger partial charge in [0.15, 0.2) is 5.84 Å². The minimum Gasteiger partial charge on any atom is -0.435 e. The number of amidine groups is 1. The molecule has 0 spiro atoms. The van der Waals surface area contributed by atoms with Gasteiger partial charge in [0.1, 0.15) is 5.75 Å². The molecular formula is C33H39F2N5O3. The number of rotatable bonds is 11. The van der Waals surface area contributed by atoms with E-state index in [1.54, 1.807) is 30.5 Å². The Labute approximate surface area is 251 Å². The van der Waals surface area contributed by atoms with Crippen molar-refractivity contribution in [1.29, 1.82) is 0 Å². The number of piperidine rings is 1. The van der Waals surface area contributed by atoms with Crippen LogP contribution in [0.2, 0.25) is 0 Å². The van der Waals surface area contributed by atoms with Gasteiger partial charge < -0.3 is 25.0 Å². The molecule has 0 aliphatic carbocycles. The number of benzene rings is 2. The molecule has 8 nitrogen and oxygen atoms in total. The number of allylic oxidation sites excluding steroid dienone is 2. The number of nitrogens with zero attached hydrogens (tertiary/aromatic N) is 3. The van der Waals surface area contributed by atoms with Gasteiger partial charge in [-0.25, -0.2) is 4.99 Å². The lowest BCUT2D eigenvalue weighted by atomic mass is 9.86. The molecule has 0 bridgehead atoms. The number of carbonyl (C=O) groups is 1. The Morgan fingerprint density at radius 1 is 1.07 bits per heavy atom. The maximum Gasteiger partial charge on any atom is 0.387 e. The van der Waals surface area contributed by atoms with Gasteiger partial charge in [-0.3, -0.25) is 9.79 Å². The summed E-state index contributed by atoms with van der Waals surface area (Å²) in [5, 5.41) is 6.35. The van der Waals surface area contributed by atoms with Crippen LogP contribution in [-0.2, 0) is 4.74 Å². The number of hydrogen-bond acceptors (Lipinski definition) is 7. The SMILES string of the molecule is Cc1cc(N/C2=N/C=C\CCC3C(c4ccc(OC(F)F)cc4)=CN=C23)ccc1C(=O)NCCOCCN1CCCCC1. The number of fused-ring (bicyclic) bond motifs is 1. The molecule has 5 rings (SSSR count). The summed E-state index contributed by atoms with van der Waals surface area (Å²) in [5.74, 6) is 0.607.